The number of fused-ring (bicyclic) bond motifs is 1. The number of amides is 1. The summed E-state index contributed by atoms with van der Waals surface area (Å²) in [4.78, 5) is 11.9. The molecule has 0 unspecified atom stereocenters. The van der Waals surface area contributed by atoms with Gasteiger partial charge in [-0.15, -0.1) is 0 Å². The summed E-state index contributed by atoms with van der Waals surface area (Å²) in [6.45, 7) is 1.96. The van der Waals surface area contributed by atoms with Gasteiger partial charge < -0.3 is 5.32 Å². The van der Waals surface area contributed by atoms with Crippen molar-refractivity contribution in [3.05, 3.63) is 46.1 Å². The van der Waals surface area contributed by atoms with Gasteiger partial charge in [0, 0.05) is 30.0 Å². The molecule has 0 aliphatic carbocycles. The third-order valence-electron chi connectivity index (χ3n) is 3.54. The number of benzene rings is 1. The topological polar surface area (TPSA) is 46.9 Å². The highest BCUT2D eigenvalue weighted by Crippen LogP contribution is 2.40. The molecule has 0 saturated heterocycles. The number of hydrogen-bond donors (Lipinski definition) is 1. The maximum atomic E-state index is 11.9. The normalized spacial score (nSPS) is 18.1. The van der Waals surface area contributed by atoms with E-state index in [1.807, 2.05) is 38.2 Å². The fourth-order valence-electron chi connectivity index (χ4n) is 2.73. The molecule has 0 fully saturated rings. The summed E-state index contributed by atoms with van der Waals surface area (Å²) in [5, 5.41) is 7.97. The van der Waals surface area contributed by atoms with Gasteiger partial charge >= 0.3 is 0 Å². The van der Waals surface area contributed by atoms with Crippen LogP contribution < -0.4 is 5.32 Å². The Kier molecular flexibility index (Phi) is 2.82. The van der Waals surface area contributed by atoms with Crippen LogP contribution in [0.5, 0.6) is 0 Å². The van der Waals surface area contributed by atoms with E-state index in [2.05, 4.69) is 10.4 Å². The summed E-state index contributed by atoms with van der Waals surface area (Å²) in [7, 11) is 1.83. The van der Waals surface area contributed by atoms with Crippen molar-refractivity contribution in [2.75, 3.05) is 5.32 Å². The first kappa shape index (κ1) is 12.2. The second-order valence-corrected chi connectivity index (χ2v) is 5.20. The number of rotatable bonds is 1. The summed E-state index contributed by atoms with van der Waals surface area (Å²) in [6, 6.07) is 7.67. The first-order valence-corrected chi connectivity index (χ1v) is 6.53. The molecule has 5 heteroatoms. The molecule has 1 N–H and O–H groups in total. The summed E-state index contributed by atoms with van der Waals surface area (Å²) >= 11 is 6.27. The zero-order valence-electron chi connectivity index (χ0n) is 10.8. The minimum absolute atomic E-state index is 0.000389. The second-order valence-electron chi connectivity index (χ2n) is 4.80. The summed E-state index contributed by atoms with van der Waals surface area (Å²) in [5.41, 5.74) is 2.98. The van der Waals surface area contributed by atoms with Gasteiger partial charge in [0.2, 0.25) is 5.91 Å². The van der Waals surface area contributed by atoms with Crippen molar-refractivity contribution in [3.63, 3.8) is 0 Å². The van der Waals surface area contributed by atoms with Crippen molar-refractivity contribution < 1.29 is 4.79 Å². The zero-order chi connectivity index (χ0) is 13.6. The highest BCUT2D eigenvalue weighted by molar-refractivity contribution is 6.31. The molecule has 98 valence electrons. The summed E-state index contributed by atoms with van der Waals surface area (Å²) in [6.07, 6.45) is 0.406. The third kappa shape index (κ3) is 1.92. The van der Waals surface area contributed by atoms with Gasteiger partial charge in [-0.25, -0.2) is 0 Å². The number of nitrogens with zero attached hydrogens (tertiary/aromatic N) is 2. The Morgan fingerprint density at radius 1 is 1.42 bits per heavy atom. The van der Waals surface area contributed by atoms with Gasteiger partial charge in [0.15, 0.2) is 0 Å². The van der Waals surface area contributed by atoms with Crippen LogP contribution in [-0.2, 0) is 11.8 Å². The van der Waals surface area contributed by atoms with Crippen molar-refractivity contribution in [1.82, 2.24) is 9.78 Å². The Hall–Kier alpha value is -1.81. The lowest BCUT2D eigenvalue weighted by molar-refractivity contribution is -0.116. The lowest BCUT2D eigenvalue weighted by Crippen LogP contribution is -2.24. The van der Waals surface area contributed by atoms with Crippen molar-refractivity contribution >= 4 is 23.3 Å². The van der Waals surface area contributed by atoms with E-state index in [4.69, 9.17) is 11.6 Å². The van der Waals surface area contributed by atoms with Crippen LogP contribution in [0.25, 0.3) is 0 Å². The molecule has 2 heterocycles. The highest BCUT2D eigenvalue weighted by Gasteiger charge is 2.32. The first-order chi connectivity index (χ1) is 9.08. The zero-order valence-corrected chi connectivity index (χ0v) is 11.5. The lowest BCUT2D eigenvalue weighted by atomic mass is 9.86. The van der Waals surface area contributed by atoms with E-state index in [1.165, 1.54) is 0 Å². The van der Waals surface area contributed by atoms with Crippen LogP contribution in [0.3, 0.4) is 0 Å². The minimum atomic E-state index is -0.0221. The van der Waals surface area contributed by atoms with Crippen LogP contribution in [0.4, 0.5) is 5.82 Å². The molecule has 0 spiro atoms. The number of hydrogen-bond acceptors (Lipinski definition) is 2. The SMILES string of the molecule is Cc1nn(C)c2c1[C@@H](c1ccccc1Cl)CC(=O)N2. The predicted octanol–water partition coefficient (Wildman–Crippen LogP) is 2.86. The van der Waals surface area contributed by atoms with E-state index >= 15 is 0 Å². The highest BCUT2D eigenvalue weighted by atomic mass is 35.5. The van der Waals surface area contributed by atoms with Crippen LogP contribution in [0.1, 0.15) is 29.2 Å². The van der Waals surface area contributed by atoms with Crippen molar-refractivity contribution in [1.29, 1.82) is 0 Å². The summed E-state index contributed by atoms with van der Waals surface area (Å²) in [5.74, 6) is 0.755. The van der Waals surface area contributed by atoms with Gasteiger partial charge in [-0.3, -0.25) is 9.48 Å². The molecule has 1 amide bonds. The first-order valence-electron chi connectivity index (χ1n) is 6.15. The Balaban J connectivity index is 2.19. The summed E-state index contributed by atoms with van der Waals surface area (Å²) < 4.78 is 1.71. The molecule has 0 bridgehead atoms. The van der Waals surface area contributed by atoms with Crippen molar-refractivity contribution in [2.24, 2.45) is 7.05 Å². The van der Waals surface area contributed by atoms with Crippen LogP contribution in [0.2, 0.25) is 5.02 Å². The minimum Gasteiger partial charge on any atom is -0.311 e. The van der Waals surface area contributed by atoms with Gasteiger partial charge in [0.25, 0.3) is 0 Å². The molecule has 2 aromatic rings. The number of anilines is 1. The Morgan fingerprint density at radius 3 is 2.89 bits per heavy atom. The fraction of sp³-hybridized carbons (Fsp3) is 0.286. The van der Waals surface area contributed by atoms with E-state index < -0.39 is 0 Å². The number of halogens is 1. The molecular formula is C14H14ClN3O. The monoisotopic (exact) mass is 275 g/mol. The lowest BCUT2D eigenvalue weighted by Gasteiger charge is -2.24. The molecule has 1 aliphatic heterocycles. The van der Waals surface area contributed by atoms with E-state index in [-0.39, 0.29) is 11.8 Å². The van der Waals surface area contributed by atoms with Crippen LogP contribution in [-0.4, -0.2) is 15.7 Å². The molecule has 1 aromatic heterocycles. The second kappa shape index (κ2) is 4.38. The van der Waals surface area contributed by atoms with Gasteiger partial charge in [-0.1, -0.05) is 29.8 Å². The Labute approximate surface area is 116 Å². The van der Waals surface area contributed by atoms with Gasteiger partial charge in [-0.05, 0) is 18.6 Å². The van der Waals surface area contributed by atoms with Crippen LogP contribution in [0.15, 0.2) is 24.3 Å². The largest absolute Gasteiger partial charge is 0.311 e. The molecule has 1 aromatic carbocycles. The number of nitrogens with one attached hydrogen (secondary N) is 1. The molecule has 0 radical (unpaired) electrons. The van der Waals surface area contributed by atoms with E-state index in [0.29, 0.717) is 11.4 Å². The fourth-order valence-corrected chi connectivity index (χ4v) is 3.00. The van der Waals surface area contributed by atoms with Gasteiger partial charge in [-0.2, -0.15) is 5.10 Å². The van der Waals surface area contributed by atoms with E-state index in [1.54, 1.807) is 4.68 Å². The maximum absolute atomic E-state index is 11.9. The molecular weight excluding hydrogens is 262 g/mol. The Morgan fingerprint density at radius 2 is 2.16 bits per heavy atom. The van der Waals surface area contributed by atoms with Crippen molar-refractivity contribution in [3.8, 4) is 0 Å². The van der Waals surface area contributed by atoms with Gasteiger partial charge in [0.05, 0.1) is 5.69 Å². The average molecular weight is 276 g/mol. The number of aryl methyl sites for hydroxylation is 2. The molecule has 1 atom stereocenters. The quantitative estimate of drug-likeness (QED) is 0.870. The maximum Gasteiger partial charge on any atom is 0.226 e. The predicted molar refractivity (Wildman–Crippen MR) is 74.5 cm³/mol. The molecule has 0 saturated carbocycles. The van der Waals surface area contributed by atoms with Crippen molar-refractivity contribution in [2.45, 2.75) is 19.3 Å². The van der Waals surface area contributed by atoms with Gasteiger partial charge in [0.1, 0.15) is 5.82 Å². The molecule has 1 aliphatic rings. The Bertz CT molecular complexity index is 663. The number of aromatic nitrogens is 2. The van der Waals surface area contributed by atoms with Crippen LogP contribution >= 0.6 is 11.6 Å². The van der Waals surface area contributed by atoms with E-state index in [9.17, 15) is 4.79 Å². The standard InChI is InChI=1S/C14H14ClN3O/c1-8-13-10(9-5-3-4-6-11(9)15)7-12(19)16-14(13)18(2)17-8/h3-6,10H,7H2,1-2H3,(H,16,19)/t10-/m1/s1. The number of carbonyl (C=O) groups is 1. The third-order valence-corrected chi connectivity index (χ3v) is 3.89. The van der Waals surface area contributed by atoms with E-state index in [0.717, 1.165) is 22.6 Å². The molecule has 19 heavy (non-hydrogen) atoms. The smallest absolute Gasteiger partial charge is 0.226 e. The van der Waals surface area contributed by atoms with Crippen LogP contribution in [0, 0.1) is 6.92 Å². The number of carbonyl (C=O) groups excluding carboxylic acids is 1. The molecule has 3 rings (SSSR count). The average Bonchev–Trinajstić information content (AvgIpc) is 2.65. The molecule has 4 nitrogen and oxygen atoms in total.